The molecule has 3 heterocycles. The fraction of sp³-hybridized carbons (Fsp3) is 1.00. The maximum atomic E-state index is 10.7. The van der Waals surface area contributed by atoms with Crippen molar-refractivity contribution in [1.82, 2.24) is 0 Å². The van der Waals surface area contributed by atoms with Crippen molar-refractivity contribution in [1.29, 1.82) is 0 Å². The SMILES string of the molecule is OC1CC(O)C2CC(OC3OC(COC4OCC(O)C(O)C4O)C(O)C(O)C3O)C(C3CCC(O)C(O)C3)OC2C1. The number of hydrogen-bond donors (Lipinski definition) is 10. The Hall–Kier alpha value is -0.600. The first kappa shape index (κ1) is 31.8. The average molecular weight is 597 g/mol. The molecule has 0 bridgehead atoms. The zero-order chi connectivity index (χ0) is 29.6. The average Bonchev–Trinajstić information content (AvgIpc) is 2.93. The van der Waals surface area contributed by atoms with E-state index in [0.717, 1.165) is 0 Å². The molecule has 0 aromatic carbocycles. The molecule has 0 radical (unpaired) electrons. The fourth-order valence-electron chi connectivity index (χ4n) is 6.86. The van der Waals surface area contributed by atoms with Gasteiger partial charge in [-0.1, -0.05) is 0 Å². The molecule has 41 heavy (non-hydrogen) atoms. The summed E-state index contributed by atoms with van der Waals surface area (Å²) in [5, 5.41) is 103. The van der Waals surface area contributed by atoms with Gasteiger partial charge in [0.15, 0.2) is 12.6 Å². The van der Waals surface area contributed by atoms with E-state index >= 15 is 0 Å². The summed E-state index contributed by atoms with van der Waals surface area (Å²) in [4.78, 5) is 0. The third-order valence-electron chi connectivity index (χ3n) is 9.34. The van der Waals surface area contributed by atoms with Gasteiger partial charge in [-0.3, -0.25) is 0 Å². The van der Waals surface area contributed by atoms with Crippen molar-refractivity contribution in [3.05, 3.63) is 0 Å². The third kappa shape index (κ3) is 6.74. The van der Waals surface area contributed by atoms with Gasteiger partial charge in [-0.25, -0.2) is 0 Å². The molecule has 2 saturated carbocycles. The summed E-state index contributed by atoms with van der Waals surface area (Å²) in [5.74, 6) is -0.640. The van der Waals surface area contributed by atoms with E-state index in [9.17, 15) is 51.1 Å². The van der Waals surface area contributed by atoms with Crippen molar-refractivity contribution < 1.29 is 74.7 Å². The number of hydrogen-bond acceptors (Lipinski definition) is 15. The Labute approximate surface area is 236 Å². The van der Waals surface area contributed by atoms with Crippen LogP contribution in [0.25, 0.3) is 0 Å². The zero-order valence-electron chi connectivity index (χ0n) is 22.6. The van der Waals surface area contributed by atoms with Crippen LogP contribution in [0.1, 0.15) is 38.5 Å². The molecule has 0 amide bonds. The minimum atomic E-state index is -1.70. The van der Waals surface area contributed by atoms with E-state index in [1.807, 2.05) is 0 Å². The summed E-state index contributed by atoms with van der Waals surface area (Å²) in [7, 11) is 0. The van der Waals surface area contributed by atoms with E-state index in [1.54, 1.807) is 0 Å². The molecule has 5 aliphatic rings. The van der Waals surface area contributed by atoms with Crippen molar-refractivity contribution in [2.24, 2.45) is 11.8 Å². The summed E-state index contributed by atoms with van der Waals surface area (Å²) in [6, 6.07) is 0. The van der Waals surface area contributed by atoms with Gasteiger partial charge < -0.3 is 74.7 Å². The Balaban J connectivity index is 1.29. The highest BCUT2D eigenvalue weighted by Gasteiger charge is 2.52. The number of ether oxygens (including phenoxy) is 5. The maximum absolute atomic E-state index is 10.7. The van der Waals surface area contributed by atoms with E-state index < -0.39 is 105 Å². The van der Waals surface area contributed by atoms with Crippen LogP contribution < -0.4 is 0 Å². The van der Waals surface area contributed by atoms with Crippen molar-refractivity contribution >= 4 is 0 Å². The van der Waals surface area contributed by atoms with E-state index in [1.165, 1.54) is 0 Å². The van der Waals surface area contributed by atoms with Crippen LogP contribution in [0.15, 0.2) is 0 Å². The lowest BCUT2D eigenvalue weighted by Gasteiger charge is -2.51. The smallest absolute Gasteiger partial charge is 0.187 e. The molecular formula is C26H44O15. The Morgan fingerprint density at radius 1 is 0.610 bits per heavy atom. The molecule has 3 saturated heterocycles. The second kappa shape index (κ2) is 13.2. The minimum absolute atomic E-state index is 0.171. The molecule has 5 fully saturated rings. The zero-order valence-corrected chi connectivity index (χ0v) is 22.6. The summed E-state index contributed by atoms with van der Waals surface area (Å²) in [6.45, 7) is -0.737. The lowest BCUT2D eigenvalue weighted by atomic mass is 9.72. The van der Waals surface area contributed by atoms with E-state index in [2.05, 4.69) is 0 Å². The number of rotatable bonds is 6. The van der Waals surface area contributed by atoms with Crippen LogP contribution in [0, 0.1) is 11.8 Å². The Kier molecular flexibility index (Phi) is 10.2. The third-order valence-corrected chi connectivity index (χ3v) is 9.34. The molecule has 3 aliphatic heterocycles. The van der Waals surface area contributed by atoms with Gasteiger partial charge in [-0.15, -0.1) is 0 Å². The van der Waals surface area contributed by atoms with Crippen LogP contribution in [-0.4, -0.2) is 162 Å². The monoisotopic (exact) mass is 596 g/mol. The van der Waals surface area contributed by atoms with Crippen LogP contribution in [0.4, 0.5) is 0 Å². The highest BCUT2D eigenvalue weighted by molar-refractivity contribution is 4.99. The van der Waals surface area contributed by atoms with E-state index in [0.29, 0.717) is 19.3 Å². The molecule has 15 nitrogen and oxygen atoms in total. The van der Waals surface area contributed by atoms with Crippen molar-refractivity contribution in [3.63, 3.8) is 0 Å². The van der Waals surface area contributed by atoms with Gasteiger partial charge in [0.25, 0.3) is 0 Å². The number of aliphatic hydroxyl groups is 10. The molecule has 0 aromatic heterocycles. The van der Waals surface area contributed by atoms with Crippen molar-refractivity contribution in [2.45, 2.75) is 137 Å². The first-order chi connectivity index (χ1) is 19.4. The summed E-state index contributed by atoms with van der Waals surface area (Å²) >= 11 is 0. The van der Waals surface area contributed by atoms with E-state index in [4.69, 9.17) is 23.7 Å². The van der Waals surface area contributed by atoms with Gasteiger partial charge in [-0.05, 0) is 44.4 Å². The maximum Gasteiger partial charge on any atom is 0.187 e. The van der Waals surface area contributed by atoms with Gasteiger partial charge in [0.05, 0.1) is 55.9 Å². The van der Waals surface area contributed by atoms with Crippen molar-refractivity contribution in [2.75, 3.05) is 13.2 Å². The van der Waals surface area contributed by atoms with Crippen LogP contribution in [0.5, 0.6) is 0 Å². The lowest BCUT2D eigenvalue weighted by Crippen LogP contribution is -2.62. The summed E-state index contributed by atoms with van der Waals surface area (Å²) < 4.78 is 29.0. The highest BCUT2D eigenvalue weighted by Crippen LogP contribution is 2.43. The van der Waals surface area contributed by atoms with Crippen LogP contribution in [0.2, 0.25) is 0 Å². The fourth-order valence-corrected chi connectivity index (χ4v) is 6.86. The van der Waals surface area contributed by atoms with Gasteiger partial charge in [0.1, 0.15) is 42.7 Å². The van der Waals surface area contributed by atoms with Crippen LogP contribution in [0.3, 0.4) is 0 Å². The summed E-state index contributed by atoms with van der Waals surface area (Å²) in [6.07, 6.45) is -17.0. The number of fused-ring (bicyclic) bond motifs is 1. The molecule has 18 unspecified atom stereocenters. The van der Waals surface area contributed by atoms with Crippen LogP contribution in [-0.2, 0) is 23.7 Å². The molecular weight excluding hydrogens is 552 g/mol. The lowest BCUT2D eigenvalue weighted by molar-refractivity contribution is -0.342. The Morgan fingerprint density at radius 3 is 2.07 bits per heavy atom. The molecule has 5 rings (SSSR count). The summed E-state index contributed by atoms with van der Waals surface area (Å²) in [5.41, 5.74) is 0. The molecule has 0 spiro atoms. The molecule has 15 heteroatoms. The second-order valence-electron chi connectivity index (χ2n) is 12.2. The molecule has 0 aromatic rings. The Bertz CT molecular complexity index is 852. The predicted octanol–water partition coefficient (Wildman–Crippen LogP) is -4.55. The highest BCUT2D eigenvalue weighted by atomic mass is 16.7. The predicted molar refractivity (Wildman–Crippen MR) is 133 cm³/mol. The van der Waals surface area contributed by atoms with Crippen molar-refractivity contribution in [3.8, 4) is 0 Å². The standard InChI is InChI=1S/C26H44O15/c27-10-4-13(29)11-6-17(24(39-16(11)5-10)9-1-2-12(28)14(30)3-9)40-26-23(36)21(34)20(33)18(41-26)8-38-25-22(35)19(32)15(31)7-37-25/h9-36H,1-8H2. The topological polar surface area (TPSA) is 248 Å². The molecule has 18 atom stereocenters. The molecule has 10 N–H and O–H groups in total. The molecule has 2 aliphatic carbocycles. The second-order valence-corrected chi connectivity index (χ2v) is 12.2. The Morgan fingerprint density at radius 2 is 1.34 bits per heavy atom. The van der Waals surface area contributed by atoms with Gasteiger partial charge in [-0.2, -0.15) is 0 Å². The van der Waals surface area contributed by atoms with Gasteiger partial charge in [0.2, 0.25) is 0 Å². The first-order valence-electron chi connectivity index (χ1n) is 14.4. The first-order valence-corrected chi connectivity index (χ1v) is 14.4. The quantitative estimate of drug-likeness (QED) is 0.139. The van der Waals surface area contributed by atoms with Gasteiger partial charge in [0, 0.05) is 5.92 Å². The van der Waals surface area contributed by atoms with Gasteiger partial charge >= 0.3 is 0 Å². The normalized spacial score (nSPS) is 54.9. The largest absolute Gasteiger partial charge is 0.393 e. The van der Waals surface area contributed by atoms with Crippen LogP contribution >= 0.6 is 0 Å². The molecule has 238 valence electrons. The van der Waals surface area contributed by atoms with E-state index in [-0.39, 0.29) is 37.7 Å². The minimum Gasteiger partial charge on any atom is -0.393 e. The number of aliphatic hydroxyl groups excluding tert-OH is 10.